The Morgan fingerprint density at radius 3 is 2.94 bits per heavy atom. The Labute approximate surface area is 107 Å². The van der Waals surface area contributed by atoms with Crippen LogP contribution in [-0.4, -0.2) is 17.9 Å². The molecule has 18 heavy (non-hydrogen) atoms. The molecule has 2 rings (SSSR count). The molecule has 1 aliphatic carbocycles. The third kappa shape index (κ3) is 2.45. The van der Waals surface area contributed by atoms with Crippen molar-refractivity contribution >= 4 is 11.8 Å². The molecule has 96 valence electrons. The lowest BCUT2D eigenvalue weighted by Crippen LogP contribution is -2.17. The Balaban J connectivity index is 2.18. The Morgan fingerprint density at radius 1 is 1.56 bits per heavy atom. The molecule has 3 nitrogen and oxygen atoms in total. The van der Waals surface area contributed by atoms with Gasteiger partial charge in [-0.2, -0.15) is 0 Å². The Morgan fingerprint density at radius 2 is 2.28 bits per heavy atom. The molecule has 1 heterocycles. The van der Waals surface area contributed by atoms with Crippen LogP contribution < -0.4 is 0 Å². The molecule has 0 bridgehead atoms. The van der Waals surface area contributed by atoms with Crippen LogP contribution in [0.25, 0.3) is 0 Å². The number of allylic oxidation sites excluding steroid dienone is 4. The minimum atomic E-state index is -0.256. The van der Waals surface area contributed by atoms with E-state index in [1.165, 1.54) is 6.92 Å². The van der Waals surface area contributed by atoms with Crippen molar-refractivity contribution in [1.82, 2.24) is 0 Å². The Hall–Kier alpha value is -1.64. The predicted molar refractivity (Wildman–Crippen MR) is 68.8 cm³/mol. The van der Waals surface area contributed by atoms with E-state index >= 15 is 0 Å². The SMILES string of the molecule is C=C1C(=O)O[C@H]2C[C@H](C)C(/C=C/C(C)=O)=CC[C@H]12. The molecule has 1 fully saturated rings. The molecule has 0 N–H and O–H groups in total. The number of ketones is 1. The molecular weight excluding hydrogens is 228 g/mol. The van der Waals surface area contributed by atoms with E-state index in [4.69, 9.17) is 4.74 Å². The van der Waals surface area contributed by atoms with Crippen molar-refractivity contribution in [2.75, 3.05) is 0 Å². The second-order valence-electron chi connectivity index (χ2n) is 5.10. The fourth-order valence-electron chi connectivity index (χ4n) is 2.57. The molecule has 0 spiro atoms. The number of fused-ring (bicyclic) bond motifs is 1. The van der Waals surface area contributed by atoms with E-state index < -0.39 is 0 Å². The second-order valence-corrected chi connectivity index (χ2v) is 5.10. The normalized spacial score (nSPS) is 31.9. The van der Waals surface area contributed by atoms with Crippen LogP contribution in [-0.2, 0) is 14.3 Å². The average Bonchev–Trinajstić information content (AvgIpc) is 2.46. The number of hydrogen-bond acceptors (Lipinski definition) is 3. The maximum atomic E-state index is 11.5. The zero-order valence-corrected chi connectivity index (χ0v) is 10.8. The number of rotatable bonds is 2. The quantitative estimate of drug-likeness (QED) is 0.555. The molecule has 3 atom stereocenters. The van der Waals surface area contributed by atoms with Gasteiger partial charge in [-0.05, 0) is 37.3 Å². The van der Waals surface area contributed by atoms with Gasteiger partial charge in [-0.3, -0.25) is 4.79 Å². The number of carbonyl (C=O) groups excluding carboxylic acids is 2. The molecule has 0 aromatic carbocycles. The molecule has 0 radical (unpaired) electrons. The van der Waals surface area contributed by atoms with E-state index in [0.717, 1.165) is 18.4 Å². The maximum absolute atomic E-state index is 11.5. The number of hydrogen-bond donors (Lipinski definition) is 0. The molecule has 1 aliphatic heterocycles. The highest BCUT2D eigenvalue weighted by atomic mass is 16.6. The van der Waals surface area contributed by atoms with Crippen LogP contribution in [0.5, 0.6) is 0 Å². The van der Waals surface area contributed by atoms with Crippen LogP contribution in [0.1, 0.15) is 26.7 Å². The van der Waals surface area contributed by atoms with Gasteiger partial charge in [0.15, 0.2) is 5.78 Å². The summed E-state index contributed by atoms with van der Waals surface area (Å²) in [4.78, 5) is 22.4. The first kappa shape index (κ1) is 12.8. The number of esters is 1. The predicted octanol–water partition coefficient (Wildman–Crippen LogP) is 2.59. The fourth-order valence-corrected chi connectivity index (χ4v) is 2.57. The van der Waals surface area contributed by atoms with E-state index in [9.17, 15) is 9.59 Å². The van der Waals surface area contributed by atoms with Gasteiger partial charge in [0.25, 0.3) is 0 Å². The van der Waals surface area contributed by atoms with Gasteiger partial charge in [0.2, 0.25) is 0 Å². The van der Waals surface area contributed by atoms with Gasteiger partial charge in [-0.25, -0.2) is 4.79 Å². The monoisotopic (exact) mass is 246 g/mol. The topological polar surface area (TPSA) is 43.4 Å². The standard InChI is InChI=1S/C15H18O3/c1-9-8-14-13(11(3)15(17)18-14)7-6-12(9)5-4-10(2)16/h4-6,9,13-14H,3,7-8H2,1-2H3/b5-4+/t9-,13+,14-/m0/s1. The molecule has 1 saturated heterocycles. The largest absolute Gasteiger partial charge is 0.458 e. The fraction of sp³-hybridized carbons (Fsp3) is 0.467. The van der Waals surface area contributed by atoms with Crippen molar-refractivity contribution < 1.29 is 14.3 Å². The third-order valence-corrected chi connectivity index (χ3v) is 3.69. The zero-order chi connectivity index (χ0) is 13.3. The summed E-state index contributed by atoms with van der Waals surface area (Å²) in [5.74, 6) is 0.175. The average molecular weight is 246 g/mol. The molecule has 0 aromatic heterocycles. The Bertz CT molecular complexity index is 456. The van der Waals surface area contributed by atoms with Crippen LogP contribution in [0.3, 0.4) is 0 Å². The lowest BCUT2D eigenvalue weighted by Gasteiger charge is -2.16. The van der Waals surface area contributed by atoms with E-state index in [1.807, 2.05) is 6.08 Å². The first-order chi connectivity index (χ1) is 8.49. The van der Waals surface area contributed by atoms with Crippen molar-refractivity contribution in [3.8, 4) is 0 Å². The summed E-state index contributed by atoms with van der Waals surface area (Å²) in [6.07, 6.45) is 7.06. The first-order valence-electron chi connectivity index (χ1n) is 6.27. The minimum Gasteiger partial charge on any atom is -0.458 e. The van der Waals surface area contributed by atoms with Crippen LogP contribution in [0.15, 0.2) is 36.0 Å². The van der Waals surface area contributed by atoms with Crippen molar-refractivity contribution in [3.63, 3.8) is 0 Å². The zero-order valence-electron chi connectivity index (χ0n) is 10.8. The highest BCUT2D eigenvalue weighted by Crippen LogP contribution is 2.38. The van der Waals surface area contributed by atoms with Gasteiger partial charge in [-0.15, -0.1) is 0 Å². The van der Waals surface area contributed by atoms with Gasteiger partial charge in [0.1, 0.15) is 6.10 Å². The van der Waals surface area contributed by atoms with Crippen LogP contribution in [0, 0.1) is 11.8 Å². The smallest absolute Gasteiger partial charge is 0.334 e. The van der Waals surface area contributed by atoms with Crippen molar-refractivity contribution in [2.45, 2.75) is 32.8 Å². The molecule has 0 amide bonds. The highest BCUT2D eigenvalue weighted by molar-refractivity contribution is 5.91. The summed E-state index contributed by atoms with van der Waals surface area (Å²) in [6.45, 7) is 7.44. The summed E-state index contributed by atoms with van der Waals surface area (Å²) in [6, 6.07) is 0. The van der Waals surface area contributed by atoms with Crippen molar-refractivity contribution in [1.29, 1.82) is 0 Å². The van der Waals surface area contributed by atoms with Crippen LogP contribution >= 0.6 is 0 Å². The van der Waals surface area contributed by atoms with Crippen molar-refractivity contribution in [2.24, 2.45) is 11.8 Å². The molecule has 0 saturated carbocycles. The van der Waals surface area contributed by atoms with E-state index in [-0.39, 0.29) is 29.7 Å². The van der Waals surface area contributed by atoms with E-state index in [0.29, 0.717) is 5.57 Å². The lowest BCUT2D eigenvalue weighted by molar-refractivity contribution is -0.139. The number of ether oxygens (including phenoxy) is 1. The number of carbonyl (C=O) groups is 2. The summed E-state index contributed by atoms with van der Waals surface area (Å²) >= 11 is 0. The minimum absolute atomic E-state index is 0.0448. The van der Waals surface area contributed by atoms with Crippen LogP contribution in [0.2, 0.25) is 0 Å². The van der Waals surface area contributed by atoms with E-state index in [1.54, 1.807) is 6.08 Å². The molecule has 0 unspecified atom stereocenters. The van der Waals surface area contributed by atoms with E-state index in [2.05, 4.69) is 19.6 Å². The molecule has 0 aromatic rings. The lowest BCUT2D eigenvalue weighted by atomic mass is 9.91. The second kappa shape index (κ2) is 4.92. The molecule has 3 heteroatoms. The van der Waals surface area contributed by atoms with Gasteiger partial charge < -0.3 is 4.74 Å². The van der Waals surface area contributed by atoms with Gasteiger partial charge in [-0.1, -0.05) is 25.7 Å². The molecular formula is C15H18O3. The van der Waals surface area contributed by atoms with Gasteiger partial charge >= 0.3 is 5.97 Å². The summed E-state index contributed by atoms with van der Waals surface area (Å²) < 4.78 is 5.34. The summed E-state index contributed by atoms with van der Waals surface area (Å²) in [7, 11) is 0. The molecule has 2 aliphatic rings. The van der Waals surface area contributed by atoms with Crippen LogP contribution in [0.4, 0.5) is 0 Å². The van der Waals surface area contributed by atoms with Crippen molar-refractivity contribution in [3.05, 3.63) is 36.0 Å². The third-order valence-electron chi connectivity index (χ3n) is 3.69. The maximum Gasteiger partial charge on any atom is 0.334 e. The first-order valence-corrected chi connectivity index (χ1v) is 6.27. The summed E-state index contributed by atoms with van der Waals surface area (Å²) in [5, 5.41) is 0. The summed E-state index contributed by atoms with van der Waals surface area (Å²) in [5.41, 5.74) is 1.73. The van der Waals surface area contributed by atoms with Gasteiger partial charge in [0.05, 0.1) is 0 Å². The Kier molecular flexibility index (Phi) is 3.50. The van der Waals surface area contributed by atoms with Gasteiger partial charge in [0, 0.05) is 11.5 Å². The highest BCUT2D eigenvalue weighted by Gasteiger charge is 2.40.